The lowest BCUT2D eigenvalue weighted by atomic mass is 10.1. The fourth-order valence-electron chi connectivity index (χ4n) is 1.63. The molecule has 2 N–H and O–H groups in total. The van der Waals surface area contributed by atoms with Crippen molar-refractivity contribution in [1.82, 2.24) is 4.90 Å². The molecule has 0 bridgehead atoms. The van der Waals surface area contributed by atoms with Crippen LogP contribution in [0.4, 0.5) is 0 Å². The summed E-state index contributed by atoms with van der Waals surface area (Å²) in [5, 5.41) is 0. The molecule has 0 aliphatic carbocycles. The smallest absolute Gasteiger partial charge is 0.254 e. The highest BCUT2D eigenvalue weighted by atomic mass is 32.1. The third kappa shape index (κ3) is 4.10. The van der Waals surface area contributed by atoms with E-state index in [-0.39, 0.29) is 17.4 Å². The number of hydrogen-bond donors (Lipinski definition) is 1. The Morgan fingerprint density at radius 2 is 1.79 bits per heavy atom. The van der Waals surface area contributed by atoms with Crippen LogP contribution < -0.4 is 15.2 Å². The first-order chi connectivity index (χ1) is 9.01. The summed E-state index contributed by atoms with van der Waals surface area (Å²) in [4.78, 5) is 14.2. The van der Waals surface area contributed by atoms with Crippen molar-refractivity contribution in [1.29, 1.82) is 0 Å². The third-order valence-electron chi connectivity index (χ3n) is 2.61. The number of rotatable bonds is 6. The van der Waals surface area contributed by atoms with Crippen LogP contribution in [-0.4, -0.2) is 43.1 Å². The summed E-state index contributed by atoms with van der Waals surface area (Å²) in [6, 6.07) is 5.03. The van der Waals surface area contributed by atoms with E-state index in [1.165, 1.54) is 14.2 Å². The number of carbonyl (C=O) groups is 1. The van der Waals surface area contributed by atoms with Gasteiger partial charge in [-0.3, -0.25) is 4.79 Å². The molecule has 1 aromatic carbocycles. The van der Waals surface area contributed by atoms with Crippen molar-refractivity contribution in [2.45, 2.75) is 6.92 Å². The van der Waals surface area contributed by atoms with Crippen LogP contribution in [0.1, 0.15) is 17.3 Å². The fourth-order valence-corrected chi connectivity index (χ4v) is 1.78. The molecule has 0 aliphatic heterocycles. The quantitative estimate of drug-likeness (QED) is 0.800. The minimum absolute atomic E-state index is 0.160. The molecule has 0 heterocycles. The first-order valence-electron chi connectivity index (χ1n) is 5.82. The Labute approximate surface area is 118 Å². The van der Waals surface area contributed by atoms with Gasteiger partial charge in [0.1, 0.15) is 11.5 Å². The van der Waals surface area contributed by atoms with Gasteiger partial charge in [0.05, 0.1) is 25.8 Å². The summed E-state index contributed by atoms with van der Waals surface area (Å²) in [7, 11) is 3.07. The second-order valence-corrected chi connectivity index (χ2v) is 4.41. The van der Waals surface area contributed by atoms with E-state index in [4.69, 9.17) is 27.4 Å². The monoisotopic (exact) mass is 282 g/mol. The molecule has 1 aromatic rings. The van der Waals surface area contributed by atoms with Gasteiger partial charge in [-0.2, -0.15) is 0 Å². The summed E-state index contributed by atoms with van der Waals surface area (Å²) in [6.07, 6.45) is 0. The number of benzene rings is 1. The van der Waals surface area contributed by atoms with Crippen LogP contribution >= 0.6 is 12.2 Å². The average Bonchev–Trinajstić information content (AvgIpc) is 2.42. The zero-order valence-electron chi connectivity index (χ0n) is 11.3. The Balaban J connectivity index is 3.06. The van der Waals surface area contributed by atoms with Gasteiger partial charge in [0.25, 0.3) is 5.91 Å². The Morgan fingerprint density at radius 1 is 1.26 bits per heavy atom. The van der Waals surface area contributed by atoms with Crippen molar-refractivity contribution in [3.05, 3.63) is 23.8 Å². The van der Waals surface area contributed by atoms with E-state index < -0.39 is 0 Å². The number of nitrogens with two attached hydrogens (primary N) is 1. The first kappa shape index (κ1) is 15.2. The summed E-state index contributed by atoms with van der Waals surface area (Å²) >= 11 is 4.84. The van der Waals surface area contributed by atoms with Crippen LogP contribution in [0.15, 0.2) is 18.2 Å². The SMILES string of the molecule is CCN(CC(N)=S)C(=O)c1cc(OC)cc(OC)c1. The molecule has 104 valence electrons. The number of hydrogen-bond acceptors (Lipinski definition) is 4. The topological polar surface area (TPSA) is 64.8 Å². The highest BCUT2D eigenvalue weighted by Gasteiger charge is 2.16. The van der Waals surface area contributed by atoms with Gasteiger partial charge < -0.3 is 20.1 Å². The highest BCUT2D eigenvalue weighted by Crippen LogP contribution is 2.23. The lowest BCUT2D eigenvalue weighted by Crippen LogP contribution is -2.37. The number of carbonyl (C=O) groups excluding carboxylic acids is 1. The number of amides is 1. The molecule has 0 unspecified atom stereocenters. The molecular weight excluding hydrogens is 264 g/mol. The Bertz CT molecular complexity index is 455. The van der Waals surface area contributed by atoms with Crippen molar-refractivity contribution in [3.63, 3.8) is 0 Å². The predicted molar refractivity (Wildman–Crippen MR) is 77.9 cm³/mol. The number of ether oxygens (including phenoxy) is 2. The van der Waals surface area contributed by atoms with Gasteiger partial charge in [-0.1, -0.05) is 12.2 Å². The molecule has 0 radical (unpaired) electrons. The van der Waals surface area contributed by atoms with Crippen molar-refractivity contribution in [2.75, 3.05) is 27.3 Å². The number of likely N-dealkylation sites (N-methyl/N-ethyl adjacent to an activating group) is 1. The van der Waals surface area contributed by atoms with Gasteiger partial charge in [-0.05, 0) is 19.1 Å². The van der Waals surface area contributed by atoms with Crippen molar-refractivity contribution < 1.29 is 14.3 Å². The number of nitrogens with zero attached hydrogens (tertiary/aromatic N) is 1. The molecule has 0 spiro atoms. The molecule has 0 fully saturated rings. The summed E-state index contributed by atoms with van der Waals surface area (Å²) in [5.74, 6) is 0.968. The van der Waals surface area contributed by atoms with Crippen LogP contribution in [0.3, 0.4) is 0 Å². The van der Waals surface area contributed by atoms with Crippen molar-refractivity contribution in [2.24, 2.45) is 5.73 Å². The lowest BCUT2D eigenvalue weighted by molar-refractivity contribution is 0.0787. The zero-order valence-corrected chi connectivity index (χ0v) is 12.1. The van der Waals surface area contributed by atoms with Crippen LogP contribution in [-0.2, 0) is 0 Å². The molecule has 0 atom stereocenters. The molecular formula is C13H18N2O3S. The minimum Gasteiger partial charge on any atom is -0.497 e. The maximum absolute atomic E-state index is 12.3. The number of methoxy groups -OCH3 is 2. The maximum atomic E-state index is 12.3. The van der Waals surface area contributed by atoms with E-state index >= 15 is 0 Å². The van der Waals surface area contributed by atoms with Gasteiger partial charge in [0, 0.05) is 18.2 Å². The van der Waals surface area contributed by atoms with Crippen LogP contribution in [0.5, 0.6) is 11.5 Å². The van der Waals surface area contributed by atoms with E-state index in [2.05, 4.69) is 0 Å². The van der Waals surface area contributed by atoms with E-state index in [0.717, 1.165) is 0 Å². The van der Waals surface area contributed by atoms with E-state index in [1.807, 2.05) is 6.92 Å². The van der Waals surface area contributed by atoms with Gasteiger partial charge in [0.15, 0.2) is 0 Å². The van der Waals surface area contributed by atoms with E-state index in [1.54, 1.807) is 23.1 Å². The van der Waals surface area contributed by atoms with Gasteiger partial charge in [0.2, 0.25) is 0 Å². The van der Waals surface area contributed by atoms with Gasteiger partial charge >= 0.3 is 0 Å². The van der Waals surface area contributed by atoms with Gasteiger partial charge in [-0.25, -0.2) is 0 Å². The molecule has 0 aliphatic rings. The molecule has 1 rings (SSSR count). The normalized spacial score (nSPS) is 9.84. The summed E-state index contributed by atoms with van der Waals surface area (Å²) in [6.45, 7) is 2.65. The molecule has 0 saturated heterocycles. The molecule has 5 nitrogen and oxygen atoms in total. The molecule has 0 saturated carbocycles. The Hall–Kier alpha value is -1.82. The molecule has 6 heteroatoms. The fraction of sp³-hybridized carbons (Fsp3) is 0.385. The van der Waals surface area contributed by atoms with Crippen molar-refractivity contribution in [3.8, 4) is 11.5 Å². The van der Waals surface area contributed by atoms with Crippen LogP contribution in [0.25, 0.3) is 0 Å². The highest BCUT2D eigenvalue weighted by molar-refractivity contribution is 7.80. The third-order valence-corrected chi connectivity index (χ3v) is 2.74. The average molecular weight is 282 g/mol. The second kappa shape index (κ2) is 6.94. The molecule has 19 heavy (non-hydrogen) atoms. The minimum atomic E-state index is -0.160. The maximum Gasteiger partial charge on any atom is 0.254 e. The van der Waals surface area contributed by atoms with Crippen LogP contribution in [0, 0.1) is 0 Å². The van der Waals surface area contributed by atoms with Crippen molar-refractivity contribution >= 4 is 23.1 Å². The summed E-state index contributed by atoms with van der Waals surface area (Å²) < 4.78 is 10.3. The van der Waals surface area contributed by atoms with E-state index in [0.29, 0.717) is 23.6 Å². The summed E-state index contributed by atoms with van der Waals surface area (Å²) in [5.41, 5.74) is 5.97. The predicted octanol–water partition coefficient (Wildman–Crippen LogP) is 1.45. The first-order valence-corrected chi connectivity index (χ1v) is 6.23. The second-order valence-electron chi connectivity index (χ2n) is 3.89. The standard InChI is InChI=1S/C13H18N2O3S/c1-4-15(8-12(14)19)13(16)9-5-10(17-2)7-11(6-9)18-3/h5-7H,4,8H2,1-3H3,(H2,14,19). The van der Waals surface area contributed by atoms with Crippen LogP contribution in [0.2, 0.25) is 0 Å². The lowest BCUT2D eigenvalue weighted by Gasteiger charge is -2.20. The Morgan fingerprint density at radius 3 is 2.16 bits per heavy atom. The zero-order chi connectivity index (χ0) is 14.4. The molecule has 0 aromatic heterocycles. The molecule has 1 amide bonds. The largest absolute Gasteiger partial charge is 0.497 e. The van der Waals surface area contributed by atoms with E-state index in [9.17, 15) is 4.79 Å². The Kier molecular flexibility index (Phi) is 5.57. The van der Waals surface area contributed by atoms with Gasteiger partial charge in [-0.15, -0.1) is 0 Å². The number of thiocarbonyl (C=S) groups is 1.